The van der Waals surface area contributed by atoms with Crippen LogP contribution in [0.3, 0.4) is 0 Å². The SMILES string of the molecule is CN(c1ccccn1)c1ncc(Cc2c[nH]c3ncncc23)cn1. The lowest BCUT2D eigenvalue weighted by atomic mass is 10.1. The molecule has 0 radical (unpaired) electrons. The number of H-pyrrole nitrogens is 1. The summed E-state index contributed by atoms with van der Waals surface area (Å²) in [7, 11) is 1.90. The smallest absolute Gasteiger partial charge is 0.230 e. The quantitative estimate of drug-likeness (QED) is 0.622. The first-order valence-corrected chi connectivity index (χ1v) is 7.53. The molecule has 0 amide bonds. The topological polar surface area (TPSA) is 83.5 Å². The number of pyridine rings is 1. The third-order valence-corrected chi connectivity index (χ3v) is 3.82. The van der Waals surface area contributed by atoms with Gasteiger partial charge < -0.3 is 4.98 Å². The molecule has 0 fully saturated rings. The van der Waals surface area contributed by atoms with Crippen molar-refractivity contribution in [1.29, 1.82) is 0 Å². The molecule has 0 bridgehead atoms. The Morgan fingerprint density at radius 2 is 1.92 bits per heavy atom. The van der Waals surface area contributed by atoms with Crippen LogP contribution in [0.1, 0.15) is 11.1 Å². The molecule has 0 saturated heterocycles. The van der Waals surface area contributed by atoms with Crippen molar-refractivity contribution in [2.75, 3.05) is 11.9 Å². The monoisotopic (exact) mass is 317 g/mol. The largest absolute Gasteiger partial charge is 0.346 e. The van der Waals surface area contributed by atoms with Gasteiger partial charge in [-0.05, 0) is 23.3 Å². The number of nitrogens with one attached hydrogen (secondary N) is 1. The molecule has 0 aliphatic rings. The van der Waals surface area contributed by atoms with E-state index >= 15 is 0 Å². The summed E-state index contributed by atoms with van der Waals surface area (Å²) in [6, 6.07) is 5.74. The standard InChI is InChI=1S/C17H15N7/c1-24(15-4-2-3-5-19-15)17-21-7-12(8-22-17)6-13-9-20-16-14(13)10-18-11-23-16/h2-5,7-11H,6H2,1H3,(H,18,20,23). The van der Waals surface area contributed by atoms with Gasteiger partial charge in [-0.3, -0.25) is 4.90 Å². The fraction of sp³-hybridized carbons (Fsp3) is 0.118. The Kier molecular flexibility index (Phi) is 3.59. The van der Waals surface area contributed by atoms with Crippen molar-refractivity contribution in [2.24, 2.45) is 0 Å². The van der Waals surface area contributed by atoms with Gasteiger partial charge in [0.15, 0.2) is 0 Å². The van der Waals surface area contributed by atoms with Crippen molar-refractivity contribution in [1.82, 2.24) is 29.9 Å². The second kappa shape index (κ2) is 6.04. The summed E-state index contributed by atoms with van der Waals surface area (Å²) in [5.41, 5.74) is 2.99. The molecule has 0 aromatic carbocycles. The summed E-state index contributed by atoms with van der Waals surface area (Å²) < 4.78 is 0. The van der Waals surface area contributed by atoms with E-state index in [0.29, 0.717) is 5.95 Å². The average molecular weight is 317 g/mol. The van der Waals surface area contributed by atoms with Crippen molar-refractivity contribution < 1.29 is 0 Å². The second-order valence-electron chi connectivity index (χ2n) is 5.41. The molecule has 0 spiro atoms. The summed E-state index contributed by atoms with van der Waals surface area (Å²) >= 11 is 0. The zero-order valence-corrected chi connectivity index (χ0v) is 13.1. The van der Waals surface area contributed by atoms with Gasteiger partial charge in [-0.15, -0.1) is 0 Å². The van der Waals surface area contributed by atoms with Crippen LogP contribution in [0.25, 0.3) is 11.0 Å². The molecule has 4 heterocycles. The zero-order chi connectivity index (χ0) is 16.4. The van der Waals surface area contributed by atoms with E-state index in [2.05, 4.69) is 29.9 Å². The number of aromatic amines is 1. The van der Waals surface area contributed by atoms with Crippen LogP contribution in [-0.4, -0.2) is 37.0 Å². The lowest BCUT2D eigenvalue weighted by molar-refractivity contribution is 0.990. The fourth-order valence-electron chi connectivity index (χ4n) is 2.55. The highest BCUT2D eigenvalue weighted by atomic mass is 15.3. The van der Waals surface area contributed by atoms with Gasteiger partial charge in [0.05, 0.1) is 0 Å². The van der Waals surface area contributed by atoms with Gasteiger partial charge in [-0.2, -0.15) is 0 Å². The van der Waals surface area contributed by atoms with E-state index in [1.807, 2.05) is 54.9 Å². The number of hydrogen-bond acceptors (Lipinski definition) is 6. The number of nitrogens with zero attached hydrogens (tertiary/aromatic N) is 6. The summed E-state index contributed by atoms with van der Waals surface area (Å²) in [4.78, 5) is 26.5. The number of rotatable bonds is 4. The first-order valence-electron chi connectivity index (χ1n) is 7.53. The zero-order valence-electron chi connectivity index (χ0n) is 13.1. The van der Waals surface area contributed by atoms with E-state index in [1.165, 1.54) is 6.33 Å². The summed E-state index contributed by atoms with van der Waals surface area (Å²) in [5.74, 6) is 1.42. The lowest BCUT2D eigenvalue weighted by Gasteiger charge is -2.15. The number of hydrogen-bond donors (Lipinski definition) is 1. The van der Waals surface area contributed by atoms with E-state index in [0.717, 1.165) is 34.4 Å². The van der Waals surface area contributed by atoms with Gasteiger partial charge in [0.25, 0.3) is 0 Å². The summed E-state index contributed by atoms with van der Waals surface area (Å²) in [6.07, 6.45) is 11.5. The molecule has 0 atom stereocenters. The maximum Gasteiger partial charge on any atom is 0.230 e. The van der Waals surface area contributed by atoms with E-state index in [1.54, 1.807) is 6.20 Å². The number of aromatic nitrogens is 6. The van der Waals surface area contributed by atoms with E-state index in [4.69, 9.17) is 0 Å². The van der Waals surface area contributed by atoms with Crippen molar-refractivity contribution in [3.05, 3.63) is 66.6 Å². The van der Waals surface area contributed by atoms with Crippen LogP contribution in [0, 0.1) is 0 Å². The van der Waals surface area contributed by atoms with E-state index in [9.17, 15) is 0 Å². The molecule has 24 heavy (non-hydrogen) atoms. The molecule has 0 aliphatic carbocycles. The molecule has 1 N–H and O–H groups in total. The highest BCUT2D eigenvalue weighted by Crippen LogP contribution is 2.20. The predicted octanol–water partition coefficient (Wildman–Crippen LogP) is 2.50. The van der Waals surface area contributed by atoms with Gasteiger partial charge in [-0.1, -0.05) is 6.07 Å². The van der Waals surface area contributed by atoms with Crippen LogP contribution >= 0.6 is 0 Å². The molecular weight excluding hydrogens is 302 g/mol. The molecule has 0 unspecified atom stereocenters. The van der Waals surface area contributed by atoms with E-state index < -0.39 is 0 Å². The Hall–Kier alpha value is -3.35. The highest BCUT2D eigenvalue weighted by molar-refractivity contribution is 5.78. The Morgan fingerprint density at radius 3 is 2.71 bits per heavy atom. The van der Waals surface area contributed by atoms with Gasteiger partial charge >= 0.3 is 0 Å². The van der Waals surface area contributed by atoms with E-state index in [-0.39, 0.29) is 0 Å². The summed E-state index contributed by atoms with van der Waals surface area (Å²) in [6.45, 7) is 0. The van der Waals surface area contributed by atoms with Gasteiger partial charge in [-0.25, -0.2) is 24.9 Å². The number of fused-ring (bicyclic) bond motifs is 1. The van der Waals surface area contributed by atoms with Crippen LogP contribution in [-0.2, 0) is 6.42 Å². The van der Waals surface area contributed by atoms with Crippen LogP contribution in [0.15, 0.2) is 55.5 Å². The van der Waals surface area contributed by atoms with Crippen LogP contribution < -0.4 is 4.90 Å². The van der Waals surface area contributed by atoms with Crippen LogP contribution in [0.2, 0.25) is 0 Å². The first kappa shape index (κ1) is 14.3. The number of anilines is 2. The lowest BCUT2D eigenvalue weighted by Crippen LogP contribution is -2.14. The van der Waals surface area contributed by atoms with Gasteiger partial charge in [0, 0.05) is 49.8 Å². The first-order chi connectivity index (χ1) is 11.8. The Balaban J connectivity index is 1.56. The highest BCUT2D eigenvalue weighted by Gasteiger charge is 2.09. The summed E-state index contributed by atoms with van der Waals surface area (Å²) in [5, 5.41) is 1.02. The van der Waals surface area contributed by atoms with Crippen molar-refractivity contribution in [3.63, 3.8) is 0 Å². The third kappa shape index (κ3) is 2.67. The molecule has 0 aliphatic heterocycles. The maximum absolute atomic E-state index is 4.45. The molecule has 118 valence electrons. The maximum atomic E-state index is 4.45. The molecule has 7 heteroatoms. The van der Waals surface area contributed by atoms with Crippen LogP contribution in [0.5, 0.6) is 0 Å². The predicted molar refractivity (Wildman–Crippen MR) is 91.0 cm³/mol. The fourth-order valence-corrected chi connectivity index (χ4v) is 2.55. The molecule has 7 nitrogen and oxygen atoms in total. The average Bonchev–Trinajstić information content (AvgIpc) is 3.06. The molecular formula is C17H15N7. The van der Waals surface area contributed by atoms with Gasteiger partial charge in [0.2, 0.25) is 5.95 Å². The minimum atomic E-state index is 0.611. The molecule has 0 saturated carbocycles. The Morgan fingerprint density at radius 1 is 1.04 bits per heavy atom. The molecule has 4 aromatic heterocycles. The Labute approximate surface area is 138 Å². The minimum Gasteiger partial charge on any atom is -0.346 e. The van der Waals surface area contributed by atoms with Crippen molar-refractivity contribution in [3.8, 4) is 0 Å². The molecule has 4 aromatic rings. The van der Waals surface area contributed by atoms with Crippen molar-refractivity contribution in [2.45, 2.75) is 6.42 Å². The molecule has 4 rings (SSSR count). The van der Waals surface area contributed by atoms with Gasteiger partial charge in [0.1, 0.15) is 17.8 Å². The third-order valence-electron chi connectivity index (χ3n) is 3.82. The van der Waals surface area contributed by atoms with Crippen LogP contribution in [0.4, 0.5) is 11.8 Å². The normalized spacial score (nSPS) is 10.9. The minimum absolute atomic E-state index is 0.611. The second-order valence-corrected chi connectivity index (χ2v) is 5.41. The Bertz CT molecular complexity index is 948. The van der Waals surface area contributed by atoms with Crippen molar-refractivity contribution >= 4 is 22.8 Å².